The van der Waals surface area contributed by atoms with Crippen LogP contribution in [0.15, 0.2) is 18.2 Å². The zero-order chi connectivity index (χ0) is 14.6. The van der Waals surface area contributed by atoms with Crippen molar-refractivity contribution in [3.63, 3.8) is 0 Å². The third-order valence-corrected chi connectivity index (χ3v) is 2.83. The molecule has 1 unspecified atom stereocenters. The van der Waals surface area contributed by atoms with Crippen molar-refractivity contribution in [3.8, 4) is 0 Å². The zero-order valence-corrected chi connectivity index (χ0v) is 11.2. The second-order valence-electron chi connectivity index (χ2n) is 4.44. The third kappa shape index (κ3) is 3.67. The van der Waals surface area contributed by atoms with Crippen LogP contribution in [0, 0.1) is 11.7 Å². The van der Waals surface area contributed by atoms with Gasteiger partial charge in [-0.15, -0.1) is 0 Å². The molecule has 0 spiro atoms. The molecule has 0 fully saturated rings. The molecule has 0 saturated carbocycles. The first-order valence-corrected chi connectivity index (χ1v) is 5.89. The molecule has 104 valence electrons. The van der Waals surface area contributed by atoms with Crippen LogP contribution in [0.3, 0.4) is 0 Å². The largest absolute Gasteiger partial charge is 0.396 e. The van der Waals surface area contributed by atoms with Crippen LogP contribution in [0.5, 0.6) is 0 Å². The molecule has 0 aliphatic rings. The van der Waals surface area contributed by atoms with Gasteiger partial charge in [-0.1, -0.05) is 6.92 Å². The molecule has 1 aromatic rings. The van der Waals surface area contributed by atoms with E-state index in [1.54, 1.807) is 21.0 Å². The number of amides is 2. The Morgan fingerprint density at radius 2 is 2.11 bits per heavy atom. The number of anilines is 1. The number of carbonyl (C=O) groups is 2. The number of benzene rings is 1. The maximum absolute atomic E-state index is 13.0. The fourth-order valence-corrected chi connectivity index (χ4v) is 1.72. The maximum atomic E-state index is 13.0. The quantitative estimate of drug-likeness (QED) is 0.795. The number of hydrogen-bond donors (Lipinski definition) is 2. The standard InChI is InChI=1S/C13H18FN3O2/c1-8(12(18)16-2)7-17(3)13(19)9-4-5-10(14)11(15)6-9/h4-6,8H,7,15H2,1-3H3,(H,16,18). The van der Waals surface area contributed by atoms with Crippen molar-refractivity contribution in [1.29, 1.82) is 0 Å². The Morgan fingerprint density at radius 1 is 1.47 bits per heavy atom. The highest BCUT2D eigenvalue weighted by molar-refractivity contribution is 5.95. The van der Waals surface area contributed by atoms with Crippen LogP contribution < -0.4 is 11.1 Å². The lowest BCUT2D eigenvalue weighted by atomic mass is 10.1. The summed E-state index contributed by atoms with van der Waals surface area (Å²) in [7, 11) is 3.13. The first-order valence-electron chi connectivity index (χ1n) is 5.89. The number of hydrogen-bond acceptors (Lipinski definition) is 3. The van der Waals surface area contributed by atoms with Gasteiger partial charge in [-0.25, -0.2) is 4.39 Å². The molecule has 0 bridgehead atoms. The molecule has 0 aromatic heterocycles. The lowest BCUT2D eigenvalue weighted by Gasteiger charge is -2.21. The fraction of sp³-hybridized carbons (Fsp3) is 0.385. The average Bonchev–Trinajstić information content (AvgIpc) is 2.39. The number of carbonyl (C=O) groups excluding carboxylic acids is 2. The summed E-state index contributed by atoms with van der Waals surface area (Å²) >= 11 is 0. The molecule has 2 amide bonds. The van der Waals surface area contributed by atoms with E-state index < -0.39 is 5.82 Å². The minimum absolute atomic E-state index is 0.0707. The number of halogens is 1. The Kier molecular flexibility index (Phi) is 4.86. The van der Waals surface area contributed by atoms with Crippen molar-refractivity contribution in [3.05, 3.63) is 29.6 Å². The molecule has 5 nitrogen and oxygen atoms in total. The first-order chi connectivity index (χ1) is 8.86. The van der Waals surface area contributed by atoms with Crippen molar-refractivity contribution < 1.29 is 14.0 Å². The van der Waals surface area contributed by atoms with Gasteiger partial charge in [0.05, 0.1) is 11.6 Å². The minimum Gasteiger partial charge on any atom is -0.396 e. The summed E-state index contributed by atoms with van der Waals surface area (Å²) in [6, 6.07) is 3.81. The number of nitrogens with zero attached hydrogens (tertiary/aromatic N) is 1. The van der Waals surface area contributed by atoms with Gasteiger partial charge in [-0.2, -0.15) is 0 Å². The minimum atomic E-state index is -0.557. The van der Waals surface area contributed by atoms with Gasteiger partial charge in [0.25, 0.3) is 5.91 Å². The van der Waals surface area contributed by atoms with Gasteiger partial charge in [0.2, 0.25) is 5.91 Å². The van der Waals surface area contributed by atoms with Crippen molar-refractivity contribution in [2.24, 2.45) is 5.92 Å². The van der Waals surface area contributed by atoms with E-state index >= 15 is 0 Å². The molecule has 3 N–H and O–H groups in total. The van der Waals surface area contributed by atoms with Gasteiger partial charge in [-0.3, -0.25) is 9.59 Å². The SMILES string of the molecule is CNC(=O)C(C)CN(C)C(=O)c1ccc(F)c(N)c1. The highest BCUT2D eigenvalue weighted by Crippen LogP contribution is 2.14. The smallest absolute Gasteiger partial charge is 0.253 e. The molecule has 0 saturated heterocycles. The van der Waals surface area contributed by atoms with Crippen LogP contribution >= 0.6 is 0 Å². The predicted molar refractivity (Wildman–Crippen MR) is 71.0 cm³/mol. The van der Waals surface area contributed by atoms with E-state index in [4.69, 9.17) is 5.73 Å². The number of nitrogen functional groups attached to an aromatic ring is 1. The Labute approximate surface area is 111 Å². The fourth-order valence-electron chi connectivity index (χ4n) is 1.72. The molecule has 1 atom stereocenters. The van der Waals surface area contributed by atoms with Gasteiger partial charge >= 0.3 is 0 Å². The van der Waals surface area contributed by atoms with Crippen LogP contribution in [0.4, 0.5) is 10.1 Å². The highest BCUT2D eigenvalue weighted by Gasteiger charge is 2.18. The van der Waals surface area contributed by atoms with Gasteiger partial charge in [-0.05, 0) is 18.2 Å². The van der Waals surface area contributed by atoms with E-state index in [1.807, 2.05) is 0 Å². The lowest BCUT2D eigenvalue weighted by Crippen LogP contribution is -2.37. The Bertz CT molecular complexity index is 491. The molecular formula is C13H18FN3O2. The van der Waals surface area contributed by atoms with E-state index in [0.29, 0.717) is 5.56 Å². The summed E-state index contributed by atoms with van der Waals surface area (Å²) in [5.41, 5.74) is 5.65. The topological polar surface area (TPSA) is 75.4 Å². The van der Waals surface area contributed by atoms with E-state index in [9.17, 15) is 14.0 Å². The van der Waals surface area contributed by atoms with E-state index in [-0.39, 0.29) is 30.0 Å². The molecule has 1 aromatic carbocycles. The summed E-state index contributed by atoms with van der Waals surface area (Å²) < 4.78 is 13.0. The van der Waals surface area contributed by atoms with Crippen LogP contribution in [-0.2, 0) is 4.79 Å². The summed E-state index contributed by atoms with van der Waals surface area (Å²) in [6.07, 6.45) is 0. The van der Waals surface area contributed by atoms with Crippen LogP contribution in [0.2, 0.25) is 0 Å². The summed E-state index contributed by atoms with van der Waals surface area (Å²) in [5, 5.41) is 2.52. The normalized spacial score (nSPS) is 11.8. The average molecular weight is 267 g/mol. The van der Waals surface area contributed by atoms with Crippen molar-refractivity contribution in [2.45, 2.75) is 6.92 Å². The molecule has 0 radical (unpaired) electrons. The molecular weight excluding hydrogens is 249 g/mol. The second kappa shape index (κ2) is 6.17. The third-order valence-electron chi connectivity index (χ3n) is 2.83. The molecule has 19 heavy (non-hydrogen) atoms. The monoisotopic (exact) mass is 267 g/mol. The second-order valence-corrected chi connectivity index (χ2v) is 4.44. The Hall–Kier alpha value is -2.11. The molecule has 0 aliphatic heterocycles. The molecule has 0 aliphatic carbocycles. The van der Waals surface area contributed by atoms with Gasteiger partial charge in [0.1, 0.15) is 5.82 Å². The number of nitrogens with two attached hydrogens (primary N) is 1. The van der Waals surface area contributed by atoms with Crippen molar-refractivity contribution in [2.75, 3.05) is 26.4 Å². The first kappa shape index (κ1) is 14.9. The van der Waals surface area contributed by atoms with Crippen LogP contribution in [0.25, 0.3) is 0 Å². The predicted octanol–water partition coefficient (Wildman–Crippen LogP) is 0.862. The molecule has 6 heteroatoms. The summed E-state index contributed by atoms with van der Waals surface area (Å²) in [5.74, 6) is -1.32. The number of rotatable bonds is 4. The van der Waals surface area contributed by atoms with E-state index in [2.05, 4.69) is 5.32 Å². The Balaban J connectivity index is 2.76. The van der Waals surface area contributed by atoms with E-state index in [0.717, 1.165) is 6.07 Å². The van der Waals surface area contributed by atoms with Crippen molar-refractivity contribution >= 4 is 17.5 Å². The van der Waals surface area contributed by atoms with Gasteiger partial charge in [0.15, 0.2) is 0 Å². The molecule has 1 rings (SSSR count). The highest BCUT2D eigenvalue weighted by atomic mass is 19.1. The van der Waals surface area contributed by atoms with Gasteiger partial charge in [0, 0.05) is 26.2 Å². The van der Waals surface area contributed by atoms with Crippen LogP contribution in [0.1, 0.15) is 17.3 Å². The maximum Gasteiger partial charge on any atom is 0.253 e. The van der Waals surface area contributed by atoms with Gasteiger partial charge < -0.3 is 16.0 Å². The van der Waals surface area contributed by atoms with Crippen LogP contribution in [-0.4, -0.2) is 37.4 Å². The number of nitrogens with one attached hydrogen (secondary N) is 1. The molecule has 0 heterocycles. The van der Waals surface area contributed by atoms with E-state index in [1.165, 1.54) is 17.0 Å². The summed E-state index contributed by atoms with van der Waals surface area (Å²) in [6.45, 7) is 2.00. The Morgan fingerprint density at radius 3 is 2.63 bits per heavy atom. The summed E-state index contributed by atoms with van der Waals surface area (Å²) in [4.78, 5) is 24.9. The zero-order valence-electron chi connectivity index (χ0n) is 11.2. The van der Waals surface area contributed by atoms with Crippen molar-refractivity contribution in [1.82, 2.24) is 10.2 Å². The lowest BCUT2D eigenvalue weighted by molar-refractivity contribution is -0.124.